The van der Waals surface area contributed by atoms with Gasteiger partial charge in [-0.15, -0.1) is 0 Å². The molecule has 0 spiro atoms. The van der Waals surface area contributed by atoms with E-state index in [9.17, 15) is 18.8 Å². The molecular weight excluding hydrogens is 311 g/mol. The number of hydrogen-bond acceptors (Lipinski definition) is 3. The second-order valence-electron chi connectivity index (χ2n) is 5.66. The Morgan fingerprint density at radius 3 is 2.21 bits per heavy atom. The van der Waals surface area contributed by atoms with E-state index in [4.69, 9.17) is 0 Å². The molecule has 3 amide bonds. The molecule has 3 rings (SSSR count). The molecule has 24 heavy (non-hydrogen) atoms. The number of nitrogens with one attached hydrogen (secondary N) is 1. The van der Waals surface area contributed by atoms with Crippen LogP contribution in [0.25, 0.3) is 0 Å². The Kier molecular flexibility index (Phi) is 3.89. The lowest BCUT2D eigenvalue weighted by atomic mass is 10.1. The maximum absolute atomic E-state index is 13.6. The molecule has 6 heteroatoms. The first-order chi connectivity index (χ1) is 11.4. The minimum absolute atomic E-state index is 0.270. The molecule has 0 saturated heterocycles. The van der Waals surface area contributed by atoms with Crippen molar-refractivity contribution in [2.45, 2.75) is 19.9 Å². The van der Waals surface area contributed by atoms with Crippen LogP contribution in [-0.2, 0) is 4.79 Å². The van der Waals surface area contributed by atoms with Gasteiger partial charge in [0.25, 0.3) is 11.8 Å². The molecule has 1 heterocycles. The van der Waals surface area contributed by atoms with Gasteiger partial charge in [0.2, 0.25) is 5.91 Å². The standard InChI is InChI=1S/C18H15FN2O3/c1-10-7-8-12(9-15(10)19)20-16(22)11(2)21-17(23)13-5-3-4-6-14(13)18(21)24/h3-9,11H,1-2H3,(H,20,22). The molecule has 5 nitrogen and oxygen atoms in total. The molecule has 1 aliphatic heterocycles. The number of amides is 3. The molecule has 1 aliphatic rings. The van der Waals surface area contributed by atoms with Gasteiger partial charge in [-0.25, -0.2) is 4.39 Å². The molecule has 0 radical (unpaired) electrons. The van der Waals surface area contributed by atoms with Gasteiger partial charge in [-0.05, 0) is 43.7 Å². The van der Waals surface area contributed by atoms with E-state index in [0.717, 1.165) is 4.90 Å². The van der Waals surface area contributed by atoms with Crippen molar-refractivity contribution in [3.8, 4) is 0 Å². The van der Waals surface area contributed by atoms with Crippen LogP contribution in [0.4, 0.5) is 10.1 Å². The van der Waals surface area contributed by atoms with Gasteiger partial charge in [0, 0.05) is 5.69 Å². The fourth-order valence-corrected chi connectivity index (χ4v) is 2.59. The monoisotopic (exact) mass is 326 g/mol. The Bertz CT molecular complexity index is 828. The van der Waals surface area contributed by atoms with Crippen molar-refractivity contribution >= 4 is 23.4 Å². The van der Waals surface area contributed by atoms with Crippen LogP contribution < -0.4 is 5.32 Å². The summed E-state index contributed by atoms with van der Waals surface area (Å²) in [5.41, 5.74) is 1.29. The molecule has 0 saturated carbocycles. The fraction of sp³-hybridized carbons (Fsp3) is 0.167. The molecule has 1 unspecified atom stereocenters. The second-order valence-corrected chi connectivity index (χ2v) is 5.66. The van der Waals surface area contributed by atoms with Crippen molar-refractivity contribution in [2.75, 3.05) is 5.32 Å². The molecule has 1 atom stereocenters. The molecule has 122 valence electrons. The van der Waals surface area contributed by atoms with E-state index in [1.807, 2.05) is 0 Å². The van der Waals surface area contributed by atoms with Crippen molar-refractivity contribution in [1.29, 1.82) is 0 Å². The zero-order valence-corrected chi connectivity index (χ0v) is 13.2. The van der Waals surface area contributed by atoms with Crippen molar-refractivity contribution < 1.29 is 18.8 Å². The van der Waals surface area contributed by atoms with E-state index in [-0.39, 0.29) is 16.8 Å². The van der Waals surface area contributed by atoms with Crippen molar-refractivity contribution in [3.05, 3.63) is 65.0 Å². The predicted molar refractivity (Wildman–Crippen MR) is 86.2 cm³/mol. The van der Waals surface area contributed by atoms with E-state index in [0.29, 0.717) is 5.56 Å². The summed E-state index contributed by atoms with van der Waals surface area (Å²) in [6, 6.07) is 9.71. The third-order valence-corrected chi connectivity index (χ3v) is 4.03. The molecule has 0 fully saturated rings. The lowest BCUT2D eigenvalue weighted by Gasteiger charge is -2.21. The SMILES string of the molecule is Cc1ccc(NC(=O)C(C)N2C(=O)c3ccccc3C2=O)cc1F. The number of carbonyl (C=O) groups excluding carboxylic acids is 3. The summed E-state index contributed by atoms with van der Waals surface area (Å²) in [6.07, 6.45) is 0. The number of benzene rings is 2. The van der Waals surface area contributed by atoms with Gasteiger partial charge in [0.05, 0.1) is 11.1 Å². The first kappa shape index (κ1) is 15.9. The molecular formula is C18H15FN2O3. The van der Waals surface area contributed by atoms with Crippen LogP contribution in [0.3, 0.4) is 0 Å². The van der Waals surface area contributed by atoms with Crippen LogP contribution in [-0.4, -0.2) is 28.7 Å². The lowest BCUT2D eigenvalue weighted by Crippen LogP contribution is -2.45. The van der Waals surface area contributed by atoms with E-state index in [2.05, 4.69) is 5.32 Å². The van der Waals surface area contributed by atoms with Crippen LogP contribution >= 0.6 is 0 Å². The quantitative estimate of drug-likeness (QED) is 0.882. The topological polar surface area (TPSA) is 66.5 Å². The van der Waals surface area contributed by atoms with Crippen LogP contribution in [0.1, 0.15) is 33.2 Å². The maximum Gasteiger partial charge on any atom is 0.262 e. The third kappa shape index (κ3) is 2.56. The predicted octanol–water partition coefficient (Wildman–Crippen LogP) is 2.76. The van der Waals surface area contributed by atoms with Gasteiger partial charge in [-0.3, -0.25) is 19.3 Å². The summed E-state index contributed by atoms with van der Waals surface area (Å²) in [4.78, 5) is 38.0. The second kappa shape index (κ2) is 5.88. The van der Waals surface area contributed by atoms with Gasteiger partial charge in [0.1, 0.15) is 11.9 Å². The molecule has 2 aromatic carbocycles. The smallest absolute Gasteiger partial charge is 0.262 e. The van der Waals surface area contributed by atoms with Crippen molar-refractivity contribution in [1.82, 2.24) is 4.90 Å². The Balaban J connectivity index is 1.80. The summed E-state index contributed by atoms with van der Waals surface area (Å²) < 4.78 is 13.6. The van der Waals surface area contributed by atoms with Gasteiger partial charge in [-0.2, -0.15) is 0 Å². The number of rotatable bonds is 3. The van der Waals surface area contributed by atoms with Gasteiger partial charge >= 0.3 is 0 Å². The minimum atomic E-state index is -1.01. The van der Waals surface area contributed by atoms with E-state index in [1.165, 1.54) is 19.1 Å². The van der Waals surface area contributed by atoms with Crippen LogP contribution in [0.15, 0.2) is 42.5 Å². The summed E-state index contributed by atoms with van der Waals surface area (Å²) in [5, 5.41) is 2.53. The minimum Gasteiger partial charge on any atom is -0.324 e. The summed E-state index contributed by atoms with van der Waals surface area (Å²) in [6.45, 7) is 3.07. The van der Waals surface area contributed by atoms with E-state index in [1.54, 1.807) is 37.3 Å². The number of carbonyl (C=O) groups is 3. The van der Waals surface area contributed by atoms with Crippen molar-refractivity contribution in [3.63, 3.8) is 0 Å². The summed E-state index contributed by atoms with van der Waals surface area (Å²) in [7, 11) is 0. The number of halogens is 1. The van der Waals surface area contributed by atoms with Crippen molar-refractivity contribution in [2.24, 2.45) is 0 Å². The molecule has 0 bridgehead atoms. The van der Waals surface area contributed by atoms with Crippen LogP contribution in [0.5, 0.6) is 0 Å². The zero-order valence-electron chi connectivity index (χ0n) is 13.2. The van der Waals surface area contributed by atoms with Crippen LogP contribution in [0, 0.1) is 12.7 Å². The Morgan fingerprint density at radius 2 is 1.67 bits per heavy atom. The average Bonchev–Trinajstić information content (AvgIpc) is 2.82. The number of aryl methyl sites for hydroxylation is 1. The number of imide groups is 1. The number of anilines is 1. The highest BCUT2D eigenvalue weighted by Crippen LogP contribution is 2.25. The molecule has 0 aliphatic carbocycles. The molecule has 0 aromatic heterocycles. The average molecular weight is 326 g/mol. The largest absolute Gasteiger partial charge is 0.324 e. The van der Waals surface area contributed by atoms with Gasteiger partial charge < -0.3 is 5.32 Å². The highest BCUT2D eigenvalue weighted by Gasteiger charge is 2.40. The first-order valence-corrected chi connectivity index (χ1v) is 7.44. The fourth-order valence-electron chi connectivity index (χ4n) is 2.59. The Hall–Kier alpha value is -3.02. The third-order valence-electron chi connectivity index (χ3n) is 4.03. The number of nitrogens with zero attached hydrogens (tertiary/aromatic N) is 1. The molecule has 1 N–H and O–H groups in total. The highest BCUT2D eigenvalue weighted by molar-refractivity contribution is 6.23. The Labute approximate surface area is 138 Å². The van der Waals surface area contributed by atoms with Gasteiger partial charge in [-0.1, -0.05) is 18.2 Å². The normalized spacial score (nSPS) is 14.5. The summed E-state index contributed by atoms with van der Waals surface area (Å²) >= 11 is 0. The van der Waals surface area contributed by atoms with Crippen LogP contribution in [0.2, 0.25) is 0 Å². The zero-order chi connectivity index (χ0) is 17.4. The maximum atomic E-state index is 13.6. The first-order valence-electron chi connectivity index (χ1n) is 7.44. The highest BCUT2D eigenvalue weighted by atomic mass is 19.1. The Morgan fingerprint density at radius 1 is 1.08 bits per heavy atom. The lowest BCUT2D eigenvalue weighted by molar-refractivity contribution is -0.119. The van der Waals surface area contributed by atoms with E-state index >= 15 is 0 Å². The van der Waals surface area contributed by atoms with Gasteiger partial charge in [0.15, 0.2) is 0 Å². The summed E-state index contributed by atoms with van der Waals surface area (Å²) in [5.74, 6) is -2.02. The molecule has 2 aromatic rings. The van der Waals surface area contributed by atoms with E-state index < -0.39 is 29.6 Å². The number of fused-ring (bicyclic) bond motifs is 1. The number of hydrogen-bond donors (Lipinski definition) is 1.